The number of aliphatic carboxylic acids is 1. The highest BCUT2D eigenvalue weighted by atomic mass is 16.7. The fraction of sp³-hybridized carbons (Fsp3) is 0.818. The second kappa shape index (κ2) is 13.3. The molecule has 0 aromatic rings. The third-order valence-corrected chi connectivity index (χ3v) is 6.15. The van der Waals surface area contributed by atoms with E-state index in [4.69, 9.17) is 19.3 Å². The number of β-amino-alcohol motifs (C(OH)–C–C–N with tert-alkyl or cyclic N) is 1. The first-order chi connectivity index (χ1) is 16.9. The molecule has 14 heteroatoms. The Morgan fingerprint density at radius 2 is 1.75 bits per heavy atom. The first-order valence-electron chi connectivity index (χ1n) is 11.9. The molecule has 2 aliphatic rings. The lowest BCUT2D eigenvalue weighted by atomic mass is 10.00. The van der Waals surface area contributed by atoms with E-state index in [1.54, 1.807) is 6.92 Å². The fourth-order valence-electron chi connectivity index (χ4n) is 4.14. The van der Waals surface area contributed by atoms with Gasteiger partial charge in [-0.15, -0.1) is 0 Å². The van der Waals surface area contributed by atoms with Crippen LogP contribution < -0.4 is 5.32 Å². The third kappa shape index (κ3) is 7.57. The summed E-state index contributed by atoms with van der Waals surface area (Å²) in [6, 6.07) is -2.52. The molecule has 36 heavy (non-hydrogen) atoms. The molecule has 9 atom stereocenters. The van der Waals surface area contributed by atoms with Gasteiger partial charge in [0.15, 0.2) is 12.3 Å². The number of aliphatic hydroxyl groups excluding tert-OH is 4. The molecule has 2 fully saturated rings. The Morgan fingerprint density at radius 1 is 1.08 bits per heavy atom. The molecule has 0 aromatic heterocycles. The molecule has 2 rings (SSSR count). The smallest absolute Gasteiger partial charge is 0.331 e. The number of amides is 2. The summed E-state index contributed by atoms with van der Waals surface area (Å²) in [6.45, 7) is 4.27. The van der Waals surface area contributed by atoms with Crippen molar-refractivity contribution in [3.63, 3.8) is 0 Å². The number of esters is 1. The molecule has 0 aliphatic carbocycles. The van der Waals surface area contributed by atoms with Crippen LogP contribution in [0.3, 0.4) is 0 Å². The molecule has 6 N–H and O–H groups in total. The highest BCUT2D eigenvalue weighted by Gasteiger charge is 2.45. The summed E-state index contributed by atoms with van der Waals surface area (Å²) < 4.78 is 16.0. The Bertz CT molecular complexity index is 795. The van der Waals surface area contributed by atoms with E-state index < -0.39 is 78.8 Å². The standard InChI is InChI=1S/C22H36N2O12/c1-4-34-21(33)16(10(2)35-22-19(31)18(30)17(29)11(3)36-22)23-20(32)13-8-12(25)9-24(13)14(26)6-5-7-15(27)28/h10-13,16-19,22,25,29-31H,4-9H2,1-3H3,(H,23,32)(H,27,28)/t10-,11?,12+,13-,16?,17?,18?,19?,22?/m1/s1. The van der Waals surface area contributed by atoms with Crippen LogP contribution in [0, 0.1) is 0 Å². The second-order valence-corrected chi connectivity index (χ2v) is 8.96. The van der Waals surface area contributed by atoms with Crippen molar-refractivity contribution in [3.8, 4) is 0 Å². The molecule has 2 aliphatic heterocycles. The summed E-state index contributed by atoms with van der Waals surface area (Å²) in [6.07, 6.45) is -9.40. The van der Waals surface area contributed by atoms with E-state index >= 15 is 0 Å². The molecular weight excluding hydrogens is 484 g/mol. The summed E-state index contributed by atoms with van der Waals surface area (Å²) in [5.41, 5.74) is 0. The van der Waals surface area contributed by atoms with Crippen LogP contribution in [0.5, 0.6) is 0 Å². The maximum absolute atomic E-state index is 13.1. The zero-order valence-electron chi connectivity index (χ0n) is 20.5. The Labute approximate surface area is 208 Å². The lowest BCUT2D eigenvalue weighted by Gasteiger charge is -2.40. The van der Waals surface area contributed by atoms with Crippen molar-refractivity contribution in [1.82, 2.24) is 10.2 Å². The van der Waals surface area contributed by atoms with Crippen LogP contribution in [0.25, 0.3) is 0 Å². The van der Waals surface area contributed by atoms with Gasteiger partial charge in [-0.25, -0.2) is 4.79 Å². The Kier molecular flexibility index (Phi) is 11.0. The van der Waals surface area contributed by atoms with Crippen LogP contribution in [0.4, 0.5) is 0 Å². The van der Waals surface area contributed by atoms with Gasteiger partial charge >= 0.3 is 11.9 Å². The highest BCUT2D eigenvalue weighted by Crippen LogP contribution is 2.24. The largest absolute Gasteiger partial charge is 0.481 e. The van der Waals surface area contributed by atoms with Crippen molar-refractivity contribution in [2.45, 2.75) is 101 Å². The van der Waals surface area contributed by atoms with Crippen LogP contribution in [0.2, 0.25) is 0 Å². The monoisotopic (exact) mass is 520 g/mol. The van der Waals surface area contributed by atoms with Crippen molar-refractivity contribution in [1.29, 1.82) is 0 Å². The Hall–Kier alpha value is -2.36. The molecule has 6 unspecified atom stereocenters. The number of nitrogens with one attached hydrogen (secondary N) is 1. The predicted octanol–water partition coefficient (Wildman–Crippen LogP) is -2.52. The minimum Gasteiger partial charge on any atom is -0.481 e. The van der Waals surface area contributed by atoms with Crippen LogP contribution in [-0.4, -0.2) is 122 Å². The summed E-state index contributed by atoms with van der Waals surface area (Å²) in [5.74, 6) is -3.20. The summed E-state index contributed by atoms with van der Waals surface area (Å²) in [4.78, 5) is 50.1. The number of hydrogen-bond acceptors (Lipinski definition) is 11. The maximum Gasteiger partial charge on any atom is 0.331 e. The Morgan fingerprint density at radius 3 is 2.36 bits per heavy atom. The highest BCUT2D eigenvalue weighted by molar-refractivity contribution is 5.91. The van der Waals surface area contributed by atoms with Gasteiger partial charge in [-0.05, 0) is 27.2 Å². The topological polar surface area (TPSA) is 212 Å². The molecule has 0 spiro atoms. The average Bonchev–Trinajstić information content (AvgIpc) is 3.21. The quantitative estimate of drug-likeness (QED) is 0.156. The predicted molar refractivity (Wildman–Crippen MR) is 119 cm³/mol. The van der Waals surface area contributed by atoms with Crippen molar-refractivity contribution >= 4 is 23.8 Å². The summed E-state index contributed by atoms with van der Waals surface area (Å²) in [7, 11) is 0. The Balaban J connectivity index is 2.12. The van der Waals surface area contributed by atoms with Crippen molar-refractivity contribution < 1.29 is 58.9 Å². The fourth-order valence-corrected chi connectivity index (χ4v) is 4.14. The minimum absolute atomic E-state index is 0.0151. The van der Waals surface area contributed by atoms with Gasteiger partial charge in [0, 0.05) is 25.8 Å². The molecule has 0 radical (unpaired) electrons. The molecule has 206 valence electrons. The van der Waals surface area contributed by atoms with Crippen LogP contribution in [0.15, 0.2) is 0 Å². The number of rotatable bonds is 11. The SMILES string of the molecule is CCOC(=O)C(NC(=O)[C@H]1C[C@H](O)CN1C(=O)CCCC(=O)O)[C@@H](C)OC1OC(C)C(O)C(O)C1O. The normalized spacial score (nSPS) is 32.0. The van der Waals surface area contributed by atoms with Crippen molar-refractivity contribution in [3.05, 3.63) is 0 Å². The molecule has 0 aromatic carbocycles. The van der Waals surface area contributed by atoms with E-state index in [-0.39, 0.29) is 38.8 Å². The number of nitrogens with zero attached hydrogens (tertiary/aromatic N) is 1. The molecule has 2 heterocycles. The minimum atomic E-state index is -1.64. The van der Waals surface area contributed by atoms with Gasteiger partial charge in [0.05, 0.1) is 24.9 Å². The third-order valence-electron chi connectivity index (χ3n) is 6.15. The average molecular weight is 521 g/mol. The van der Waals surface area contributed by atoms with Crippen LogP contribution >= 0.6 is 0 Å². The number of hydrogen-bond donors (Lipinski definition) is 6. The van der Waals surface area contributed by atoms with Gasteiger partial charge in [-0.2, -0.15) is 0 Å². The molecule has 0 saturated carbocycles. The number of ether oxygens (including phenoxy) is 3. The summed E-state index contributed by atoms with van der Waals surface area (Å²) >= 11 is 0. The second-order valence-electron chi connectivity index (χ2n) is 8.96. The van der Waals surface area contributed by atoms with E-state index in [0.29, 0.717) is 0 Å². The molecule has 0 bridgehead atoms. The number of likely N-dealkylation sites (tertiary alicyclic amines) is 1. The number of aliphatic hydroxyl groups is 4. The van der Waals surface area contributed by atoms with Crippen molar-refractivity contribution in [2.24, 2.45) is 0 Å². The number of carbonyl (C=O) groups is 4. The number of carboxylic acid groups (broad SMARTS) is 1. The molecule has 14 nitrogen and oxygen atoms in total. The number of carbonyl (C=O) groups excluding carboxylic acids is 3. The van der Waals surface area contributed by atoms with Gasteiger partial charge < -0.3 is 50.0 Å². The van der Waals surface area contributed by atoms with Gasteiger partial charge in [0.1, 0.15) is 24.4 Å². The van der Waals surface area contributed by atoms with E-state index in [9.17, 15) is 39.6 Å². The summed E-state index contributed by atoms with van der Waals surface area (Å²) in [5, 5.41) is 51.4. The van der Waals surface area contributed by atoms with Crippen molar-refractivity contribution in [2.75, 3.05) is 13.2 Å². The first-order valence-corrected chi connectivity index (χ1v) is 11.9. The lowest BCUT2D eigenvalue weighted by Crippen LogP contribution is -2.60. The van der Waals surface area contributed by atoms with E-state index in [1.165, 1.54) is 13.8 Å². The zero-order chi connectivity index (χ0) is 27.2. The van der Waals surface area contributed by atoms with Gasteiger partial charge in [-0.3, -0.25) is 14.4 Å². The van der Waals surface area contributed by atoms with E-state index in [1.807, 2.05) is 0 Å². The molecule has 2 amide bonds. The molecular formula is C22H36N2O12. The number of carboxylic acids is 1. The lowest BCUT2D eigenvalue weighted by molar-refractivity contribution is -0.304. The van der Waals surface area contributed by atoms with Gasteiger partial charge in [0.2, 0.25) is 11.8 Å². The van der Waals surface area contributed by atoms with Crippen LogP contribution in [0.1, 0.15) is 46.5 Å². The van der Waals surface area contributed by atoms with Gasteiger partial charge in [-0.1, -0.05) is 0 Å². The van der Waals surface area contributed by atoms with Gasteiger partial charge in [0.25, 0.3) is 0 Å². The van der Waals surface area contributed by atoms with Crippen LogP contribution in [-0.2, 0) is 33.4 Å². The maximum atomic E-state index is 13.1. The first kappa shape index (κ1) is 29.9. The van der Waals surface area contributed by atoms with E-state index in [2.05, 4.69) is 5.32 Å². The molecule has 2 saturated heterocycles. The van der Waals surface area contributed by atoms with E-state index in [0.717, 1.165) is 4.90 Å². The zero-order valence-corrected chi connectivity index (χ0v) is 20.5.